The van der Waals surface area contributed by atoms with Crippen LogP contribution in [0.5, 0.6) is 0 Å². The van der Waals surface area contributed by atoms with E-state index in [0.717, 1.165) is 51.4 Å². The third-order valence-electron chi connectivity index (χ3n) is 7.21. The van der Waals surface area contributed by atoms with Crippen molar-refractivity contribution in [1.29, 1.82) is 0 Å². The highest BCUT2D eigenvalue weighted by Crippen LogP contribution is 2.44. The molecule has 0 fully saturated rings. The van der Waals surface area contributed by atoms with Crippen LogP contribution >= 0.6 is 0 Å². The predicted octanol–water partition coefficient (Wildman–Crippen LogP) is 8.05. The van der Waals surface area contributed by atoms with Crippen molar-refractivity contribution in [1.82, 2.24) is 4.90 Å². The summed E-state index contributed by atoms with van der Waals surface area (Å²) >= 11 is 0. The predicted molar refractivity (Wildman–Crippen MR) is 154 cm³/mol. The molecule has 3 rings (SSSR count). The van der Waals surface area contributed by atoms with Gasteiger partial charge in [0.2, 0.25) is 0 Å². The zero-order valence-electron chi connectivity index (χ0n) is 22.9. The maximum absolute atomic E-state index is 13.6. The number of hydrogen-bond donors (Lipinski definition) is 0. The molecule has 1 aliphatic carbocycles. The van der Waals surface area contributed by atoms with Gasteiger partial charge in [0, 0.05) is 18.4 Å². The lowest BCUT2D eigenvalue weighted by Gasteiger charge is -2.31. The molecule has 0 radical (unpaired) electrons. The Bertz CT molecular complexity index is 1020. The summed E-state index contributed by atoms with van der Waals surface area (Å²) in [6, 6.07) is 16.7. The standard InChI is InChI=1S/C33H43NO4/c1-4-7-9-11-17-26(16-6-3)34(23-24-37-32(35)22-10-8-5-2)33(36)38-25-31-29-20-14-12-18-27(29)28-19-13-15-21-30(28)31/h4-5,12-15,18-21,26,31H,1-2,6-11,16-17,22-25H2,3H3. The molecule has 204 valence electrons. The van der Waals surface area contributed by atoms with E-state index in [1.54, 1.807) is 11.0 Å². The number of carbonyl (C=O) groups is 2. The number of ether oxygens (including phenoxy) is 2. The molecule has 2 aromatic rings. The Morgan fingerprint density at radius 3 is 2.16 bits per heavy atom. The van der Waals surface area contributed by atoms with Gasteiger partial charge in [-0.3, -0.25) is 4.79 Å². The molecule has 5 heteroatoms. The van der Waals surface area contributed by atoms with Crippen molar-refractivity contribution >= 4 is 12.1 Å². The van der Waals surface area contributed by atoms with Crippen molar-refractivity contribution in [3.05, 3.63) is 85.0 Å². The van der Waals surface area contributed by atoms with Gasteiger partial charge in [-0.2, -0.15) is 0 Å². The van der Waals surface area contributed by atoms with Crippen LogP contribution in [0.15, 0.2) is 73.8 Å². The van der Waals surface area contributed by atoms with Crippen LogP contribution < -0.4 is 0 Å². The fourth-order valence-corrected chi connectivity index (χ4v) is 5.28. The second-order valence-electron chi connectivity index (χ2n) is 9.91. The Morgan fingerprint density at radius 2 is 1.53 bits per heavy atom. The first-order valence-corrected chi connectivity index (χ1v) is 14.1. The molecule has 0 saturated carbocycles. The number of amides is 1. The highest BCUT2D eigenvalue weighted by atomic mass is 16.6. The molecule has 0 N–H and O–H groups in total. The Hall–Kier alpha value is -3.34. The summed E-state index contributed by atoms with van der Waals surface area (Å²) in [6.07, 6.45) is 11.0. The van der Waals surface area contributed by atoms with Gasteiger partial charge in [0.15, 0.2) is 0 Å². The van der Waals surface area contributed by atoms with Crippen molar-refractivity contribution in [2.45, 2.75) is 76.7 Å². The first-order chi connectivity index (χ1) is 18.6. The second kappa shape index (κ2) is 15.8. The smallest absolute Gasteiger partial charge is 0.410 e. The summed E-state index contributed by atoms with van der Waals surface area (Å²) in [5.74, 6) is -0.231. The molecule has 0 heterocycles. The Kier molecular flexibility index (Phi) is 12.2. The molecule has 1 aliphatic rings. The molecule has 0 bridgehead atoms. The lowest BCUT2D eigenvalue weighted by Crippen LogP contribution is -2.43. The maximum Gasteiger partial charge on any atom is 0.410 e. The minimum absolute atomic E-state index is 0.00750. The van der Waals surface area contributed by atoms with E-state index in [1.165, 1.54) is 22.3 Å². The molecule has 0 spiro atoms. The lowest BCUT2D eigenvalue weighted by molar-refractivity contribution is -0.144. The van der Waals surface area contributed by atoms with E-state index < -0.39 is 0 Å². The van der Waals surface area contributed by atoms with Crippen molar-refractivity contribution < 1.29 is 19.1 Å². The minimum atomic E-state index is -0.336. The summed E-state index contributed by atoms with van der Waals surface area (Å²) in [5, 5.41) is 0. The van der Waals surface area contributed by atoms with Crippen LogP contribution in [-0.4, -0.2) is 42.8 Å². The van der Waals surface area contributed by atoms with Gasteiger partial charge in [0.25, 0.3) is 0 Å². The molecular formula is C33H43NO4. The Labute approximate surface area is 228 Å². The van der Waals surface area contributed by atoms with Crippen LogP contribution in [0.2, 0.25) is 0 Å². The highest BCUT2D eigenvalue weighted by Gasteiger charge is 2.31. The van der Waals surface area contributed by atoms with E-state index in [4.69, 9.17) is 9.47 Å². The molecule has 0 saturated heterocycles. The van der Waals surface area contributed by atoms with Gasteiger partial charge >= 0.3 is 12.1 Å². The number of hydrogen-bond acceptors (Lipinski definition) is 4. The summed E-state index contributed by atoms with van der Waals surface area (Å²) in [5.41, 5.74) is 4.79. The van der Waals surface area contributed by atoms with E-state index >= 15 is 0 Å². The zero-order valence-corrected chi connectivity index (χ0v) is 22.9. The van der Waals surface area contributed by atoms with Gasteiger partial charge in [-0.15, -0.1) is 13.2 Å². The van der Waals surface area contributed by atoms with Crippen molar-refractivity contribution in [3.63, 3.8) is 0 Å². The summed E-state index contributed by atoms with van der Waals surface area (Å²) < 4.78 is 11.5. The molecule has 2 aromatic carbocycles. The van der Waals surface area contributed by atoms with E-state index in [1.807, 2.05) is 30.3 Å². The number of unbranched alkanes of at least 4 members (excludes halogenated alkanes) is 3. The van der Waals surface area contributed by atoms with Crippen LogP contribution in [0.3, 0.4) is 0 Å². The van der Waals surface area contributed by atoms with E-state index in [0.29, 0.717) is 13.0 Å². The van der Waals surface area contributed by atoms with Crippen LogP contribution in [0, 0.1) is 0 Å². The fraction of sp³-hybridized carbons (Fsp3) is 0.455. The minimum Gasteiger partial charge on any atom is -0.464 e. The average molecular weight is 518 g/mol. The van der Waals surface area contributed by atoms with Gasteiger partial charge in [-0.25, -0.2) is 4.79 Å². The first-order valence-electron chi connectivity index (χ1n) is 14.1. The van der Waals surface area contributed by atoms with Crippen LogP contribution in [0.4, 0.5) is 4.79 Å². The fourth-order valence-electron chi connectivity index (χ4n) is 5.28. The van der Waals surface area contributed by atoms with Gasteiger partial charge in [-0.1, -0.05) is 80.4 Å². The molecule has 1 amide bonds. The molecule has 0 aliphatic heterocycles. The number of fused-ring (bicyclic) bond motifs is 3. The molecular weight excluding hydrogens is 474 g/mol. The number of nitrogens with zero attached hydrogens (tertiary/aromatic N) is 1. The molecule has 1 unspecified atom stereocenters. The van der Waals surface area contributed by atoms with Gasteiger partial charge in [-0.05, 0) is 60.8 Å². The second-order valence-corrected chi connectivity index (χ2v) is 9.91. The van der Waals surface area contributed by atoms with E-state index in [9.17, 15) is 9.59 Å². The van der Waals surface area contributed by atoms with Crippen molar-refractivity contribution in [2.24, 2.45) is 0 Å². The monoisotopic (exact) mass is 517 g/mol. The zero-order chi connectivity index (χ0) is 27.2. The van der Waals surface area contributed by atoms with E-state index in [2.05, 4.69) is 44.3 Å². The summed E-state index contributed by atoms with van der Waals surface area (Å²) in [4.78, 5) is 27.5. The van der Waals surface area contributed by atoms with Crippen LogP contribution in [0.1, 0.15) is 81.8 Å². The first kappa shape index (κ1) is 29.2. The highest BCUT2D eigenvalue weighted by molar-refractivity contribution is 5.79. The normalized spacial score (nSPS) is 12.8. The van der Waals surface area contributed by atoms with Crippen LogP contribution in [-0.2, 0) is 14.3 Å². The molecule has 5 nitrogen and oxygen atoms in total. The SMILES string of the molecule is C=CCCCCC(CCC)N(CCOC(=O)CCCC=C)C(=O)OCC1c2ccccc2-c2ccccc21. The maximum atomic E-state index is 13.6. The van der Waals surface area contributed by atoms with Crippen molar-refractivity contribution in [2.75, 3.05) is 19.8 Å². The van der Waals surface area contributed by atoms with Gasteiger partial charge < -0.3 is 14.4 Å². The molecule has 1 atom stereocenters. The van der Waals surface area contributed by atoms with Crippen molar-refractivity contribution in [3.8, 4) is 11.1 Å². The summed E-state index contributed by atoms with van der Waals surface area (Å²) in [7, 11) is 0. The topological polar surface area (TPSA) is 55.8 Å². The largest absolute Gasteiger partial charge is 0.464 e. The molecule has 0 aromatic heterocycles. The summed E-state index contributed by atoms with van der Waals surface area (Å²) in [6.45, 7) is 10.4. The lowest BCUT2D eigenvalue weighted by atomic mass is 9.98. The third-order valence-corrected chi connectivity index (χ3v) is 7.21. The number of benzene rings is 2. The number of rotatable bonds is 17. The third kappa shape index (κ3) is 8.08. The Morgan fingerprint density at radius 1 is 0.895 bits per heavy atom. The Balaban J connectivity index is 1.69. The van der Waals surface area contributed by atoms with Crippen LogP contribution in [0.25, 0.3) is 11.1 Å². The number of esters is 1. The average Bonchev–Trinajstić information content (AvgIpc) is 3.25. The van der Waals surface area contributed by atoms with Gasteiger partial charge in [0.1, 0.15) is 13.2 Å². The van der Waals surface area contributed by atoms with Gasteiger partial charge in [0.05, 0.1) is 6.54 Å². The van der Waals surface area contributed by atoms with E-state index in [-0.39, 0.29) is 37.2 Å². The number of carbonyl (C=O) groups excluding carboxylic acids is 2. The number of allylic oxidation sites excluding steroid dienone is 2. The quantitative estimate of drug-likeness (QED) is 0.121. The molecule has 38 heavy (non-hydrogen) atoms.